The first-order chi connectivity index (χ1) is 15.7. The summed E-state index contributed by atoms with van der Waals surface area (Å²) in [5.74, 6) is -0.215. The van der Waals surface area contributed by atoms with Gasteiger partial charge in [-0.25, -0.2) is 4.79 Å². The van der Waals surface area contributed by atoms with Gasteiger partial charge in [-0.3, -0.25) is 9.59 Å². The van der Waals surface area contributed by atoms with Gasteiger partial charge in [0, 0.05) is 31.7 Å². The van der Waals surface area contributed by atoms with Crippen LogP contribution in [-0.2, 0) is 16.1 Å². The molecule has 1 aromatic heterocycles. The van der Waals surface area contributed by atoms with E-state index in [1.807, 2.05) is 25.1 Å². The number of hydrogen-bond donors (Lipinski definition) is 2. The number of esters is 1. The van der Waals surface area contributed by atoms with Gasteiger partial charge in [-0.15, -0.1) is 0 Å². The van der Waals surface area contributed by atoms with Crippen LogP contribution in [0.1, 0.15) is 76.3 Å². The molecule has 1 aromatic carbocycles. The van der Waals surface area contributed by atoms with Crippen LogP contribution in [-0.4, -0.2) is 46.9 Å². The second kappa shape index (κ2) is 10.7. The van der Waals surface area contributed by atoms with Crippen LogP contribution < -0.4 is 5.32 Å². The smallest absolute Gasteiger partial charge is 0.340 e. The summed E-state index contributed by atoms with van der Waals surface area (Å²) in [6.07, 6.45) is 1.81. The Morgan fingerprint density at radius 2 is 1.85 bits per heavy atom. The van der Waals surface area contributed by atoms with E-state index in [1.165, 1.54) is 5.56 Å². The maximum absolute atomic E-state index is 13.1. The molecule has 0 radical (unpaired) electrons. The van der Waals surface area contributed by atoms with E-state index in [-0.39, 0.29) is 23.8 Å². The lowest BCUT2D eigenvalue weighted by atomic mass is 9.93. The minimum absolute atomic E-state index is 0.0467. The van der Waals surface area contributed by atoms with Crippen LogP contribution >= 0.6 is 0 Å². The third kappa shape index (κ3) is 6.24. The molecule has 1 saturated heterocycles. The number of aryl methyl sites for hydroxylation is 2. The zero-order chi connectivity index (χ0) is 24.1. The summed E-state index contributed by atoms with van der Waals surface area (Å²) >= 11 is 0. The zero-order valence-electron chi connectivity index (χ0n) is 20.3. The van der Waals surface area contributed by atoms with Gasteiger partial charge in [0.05, 0.1) is 11.7 Å². The van der Waals surface area contributed by atoms with E-state index < -0.39 is 5.97 Å². The molecule has 0 spiro atoms. The fraction of sp³-hybridized carbons (Fsp3) is 0.500. The number of aromatic nitrogens is 1. The Bertz CT molecular complexity index is 1020. The second-order valence-corrected chi connectivity index (χ2v) is 9.28. The number of nitrogens with zero attached hydrogens (tertiary/aromatic N) is 1. The molecular formula is C26H35N3O4. The summed E-state index contributed by atoms with van der Waals surface area (Å²) < 4.78 is 5.32. The molecule has 1 aliphatic heterocycles. The van der Waals surface area contributed by atoms with Crippen molar-refractivity contribution in [3.8, 4) is 0 Å². The monoisotopic (exact) mass is 453 g/mol. The molecule has 178 valence electrons. The minimum atomic E-state index is -0.411. The zero-order valence-corrected chi connectivity index (χ0v) is 20.3. The average Bonchev–Trinajstić information content (AvgIpc) is 3.06. The number of ether oxygens (including phenoxy) is 1. The van der Waals surface area contributed by atoms with Gasteiger partial charge in [0.25, 0.3) is 5.91 Å². The van der Waals surface area contributed by atoms with E-state index in [0.29, 0.717) is 48.6 Å². The third-order valence-corrected chi connectivity index (χ3v) is 6.15. The quantitative estimate of drug-likeness (QED) is 0.619. The number of carbonyl (C=O) groups is 3. The molecule has 0 unspecified atom stereocenters. The molecule has 1 aliphatic rings. The standard InChI is InChI=1S/C26H35N3O4/c1-16(2)33-26(32)23-18(4)24(28-19(23)5)25(31)29-11-9-20(10-12-29)14-22(30)27-15-21-8-6-7-17(3)13-21/h6-8,13,16,20,28H,9-12,14-15H2,1-5H3,(H,27,30). The molecule has 2 N–H and O–H groups in total. The van der Waals surface area contributed by atoms with Crippen molar-refractivity contribution in [3.05, 3.63) is 57.9 Å². The van der Waals surface area contributed by atoms with Gasteiger partial charge in [0.2, 0.25) is 5.91 Å². The fourth-order valence-corrected chi connectivity index (χ4v) is 4.40. The third-order valence-electron chi connectivity index (χ3n) is 6.15. The predicted molar refractivity (Wildman–Crippen MR) is 127 cm³/mol. The van der Waals surface area contributed by atoms with Gasteiger partial charge in [-0.05, 0) is 64.5 Å². The fourth-order valence-electron chi connectivity index (χ4n) is 4.40. The van der Waals surface area contributed by atoms with Gasteiger partial charge in [0.15, 0.2) is 0 Å². The lowest BCUT2D eigenvalue weighted by Gasteiger charge is -2.31. The molecule has 3 rings (SSSR count). The van der Waals surface area contributed by atoms with Crippen LogP contribution in [0.3, 0.4) is 0 Å². The summed E-state index contributed by atoms with van der Waals surface area (Å²) in [5.41, 5.74) is 4.42. The lowest BCUT2D eigenvalue weighted by molar-refractivity contribution is -0.122. The highest BCUT2D eigenvalue weighted by Gasteiger charge is 2.29. The first-order valence-corrected chi connectivity index (χ1v) is 11.7. The Hall–Kier alpha value is -3.09. The molecule has 7 heteroatoms. The van der Waals surface area contributed by atoms with Crippen molar-refractivity contribution in [2.75, 3.05) is 13.1 Å². The molecule has 0 bridgehead atoms. The molecular weight excluding hydrogens is 418 g/mol. The number of carbonyl (C=O) groups excluding carboxylic acids is 3. The normalized spacial score (nSPS) is 14.4. The molecule has 7 nitrogen and oxygen atoms in total. The van der Waals surface area contributed by atoms with Crippen LogP contribution in [0.2, 0.25) is 0 Å². The number of benzene rings is 1. The number of nitrogens with one attached hydrogen (secondary N) is 2. The van der Waals surface area contributed by atoms with Crippen LogP contribution in [0.5, 0.6) is 0 Å². The molecule has 2 heterocycles. The molecule has 0 saturated carbocycles. The Kier molecular flexibility index (Phi) is 7.95. The summed E-state index contributed by atoms with van der Waals surface area (Å²) in [6, 6.07) is 8.11. The number of rotatable bonds is 7. The molecule has 1 fully saturated rings. The van der Waals surface area contributed by atoms with E-state index in [4.69, 9.17) is 4.74 Å². The summed E-state index contributed by atoms with van der Waals surface area (Å²) in [7, 11) is 0. The van der Waals surface area contributed by atoms with E-state index in [2.05, 4.69) is 16.4 Å². The van der Waals surface area contributed by atoms with Gasteiger partial charge in [0.1, 0.15) is 5.69 Å². The lowest BCUT2D eigenvalue weighted by Crippen LogP contribution is -2.40. The number of likely N-dealkylation sites (tertiary alicyclic amines) is 1. The van der Waals surface area contributed by atoms with E-state index in [1.54, 1.807) is 32.6 Å². The first kappa shape index (κ1) is 24.6. The van der Waals surface area contributed by atoms with E-state index in [0.717, 1.165) is 18.4 Å². The van der Waals surface area contributed by atoms with Crippen LogP contribution in [0.15, 0.2) is 24.3 Å². The van der Waals surface area contributed by atoms with Gasteiger partial charge in [-0.1, -0.05) is 29.8 Å². The van der Waals surface area contributed by atoms with Crippen molar-refractivity contribution in [2.45, 2.75) is 66.5 Å². The minimum Gasteiger partial charge on any atom is -0.459 e. The number of hydrogen-bond acceptors (Lipinski definition) is 4. The Morgan fingerprint density at radius 3 is 2.48 bits per heavy atom. The van der Waals surface area contributed by atoms with Crippen molar-refractivity contribution >= 4 is 17.8 Å². The first-order valence-electron chi connectivity index (χ1n) is 11.7. The number of H-pyrrole nitrogens is 1. The van der Waals surface area contributed by atoms with Crippen LogP contribution in [0.25, 0.3) is 0 Å². The largest absolute Gasteiger partial charge is 0.459 e. The van der Waals surface area contributed by atoms with Crippen LogP contribution in [0, 0.1) is 26.7 Å². The topological polar surface area (TPSA) is 91.5 Å². The van der Waals surface area contributed by atoms with Crippen molar-refractivity contribution in [1.29, 1.82) is 0 Å². The van der Waals surface area contributed by atoms with Crippen molar-refractivity contribution in [3.63, 3.8) is 0 Å². The number of piperidine rings is 1. The number of amides is 2. The molecule has 0 aliphatic carbocycles. The Balaban J connectivity index is 1.52. The van der Waals surface area contributed by atoms with Crippen molar-refractivity contribution in [1.82, 2.24) is 15.2 Å². The van der Waals surface area contributed by atoms with Gasteiger partial charge >= 0.3 is 5.97 Å². The van der Waals surface area contributed by atoms with E-state index in [9.17, 15) is 14.4 Å². The predicted octanol–water partition coefficient (Wildman–Crippen LogP) is 4.06. The Labute approximate surface area is 195 Å². The number of aromatic amines is 1. The highest BCUT2D eigenvalue weighted by molar-refractivity contribution is 6.00. The van der Waals surface area contributed by atoms with Crippen molar-refractivity contribution in [2.24, 2.45) is 5.92 Å². The highest BCUT2D eigenvalue weighted by atomic mass is 16.5. The molecule has 2 aromatic rings. The average molecular weight is 454 g/mol. The van der Waals surface area contributed by atoms with Gasteiger partial charge in [-0.2, -0.15) is 0 Å². The van der Waals surface area contributed by atoms with Gasteiger partial charge < -0.3 is 19.9 Å². The maximum Gasteiger partial charge on any atom is 0.340 e. The molecule has 2 amide bonds. The summed E-state index contributed by atoms with van der Waals surface area (Å²) in [6.45, 7) is 10.9. The van der Waals surface area contributed by atoms with Crippen LogP contribution in [0.4, 0.5) is 0 Å². The highest BCUT2D eigenvalue weighted by Crippen LogP contribution is 2.25. The summed E-state index contributed by atoms with van der Waals surface area (Å²) in [4.78, 5) is 42.8. The second-order valence-electron chi connectivity index (χ2n) is 9.28. The van der Waals surface area contributed by atoms with E-state index >= 15 is 0 Å². The molecule has 0 atom stereocenters. The van der Waals surface area contributed by atoms with Crippen molar-refractivity contribution < 1.29 is 19.1 Å². The Morgan fingerprint density at radius 1 is 1.15 bits per heavy atom. The maximum atomic E-state index is 13.1. The molecule has 33 heavy (non-hydrogen) atoms. The SMILES string of the molecule is Cc1cccc(CNC(=O)CC2CCN(C(=O)c3[nH]c(C)c(C(=O)OC(C)C)c3C)CC2)c1. The summed E-state index contributed by atoms with van der Waals surface area (Å²) in [5, 5.41) is 3.01.